The van der Waals surface area contributed by atoms with E-state index in [1.54, 1.807) is 43.6 Å². The molecule has 1 unspecified atom stereocenters. The molecular formula is C17H18F3N3O2. The molecule has 0 fully saturated rings. The molecule has 1 aromatic carbocycles. The molecule has 0 bridgehead atoms. The topological polar surface area (TPSA) is 77.2 Å². The molecule has 2 rings (SSSR count). The zero-order valence-corrected chi connectivity index (χ0v) is 13.5. The normalized spacial score (nSPS) is 12.5. The number of halogens is 3. The van der Waals surface area contributed by atoms with Crippen LogP contribution >= 0.6 is 0 Å². The number of alkyl halides is 3. The minimum Gasteiger partial charge on any atom is -0.482 e. The van der Waals surface area contributed by atoms with Gasteiger partial charge in [0, 0.05) is 36.0 Å². The standard InChI is InChI=1S/C17H18F3N3O2/c1-11(21)8-15(24)23-16-13(12-4-3-7-22-9-12)5-2-6-14(16)25-10-17(18,19)20/h2-7,9,11H,8,10,21H2,1H3,(H,23,24). The van der Waals surface area contributed by atoms with E-state index in [1.165, 1.54) is 6.07 Å². The van der Waals surface area contributed by atoms with Crippen molar-refractivity contribution in [1.82, 2.24) is 4.98 Å². The van der Waals surface area contributed by atoms with Crippen molar-refractivity contribution in [3.63, 3.8) is 0 Å². The highest BCUT2D eigenvalue weighted by Gasteiger charge is 2.29. The zero-order chi connectivity index (χ0) is 18.4. The first-order valence-corrected chi connectivity index (χ1v) is 7.54. The molecule has 0 spiro atoms. The molecule has 25 heavy (non-hydrogen) atoms. The Bertz CT molecular complexity index is 719. The first-order chi connectivity index (χ1) is 11.8. The Morgan fingerprint density at radius 3 is 2.68 bits per heavy atom. The van der Waals surface area contributed by atoms with Crippen molar-refractivity contribution < 1.29 is 22.7 Å². The quantitative estimate of drug-likeness (QED) is 0.835. The summed E-state index contributed by atoms with van der Waals surface area (Å²) in [7, 11) is 0. The van der Waals surface area contributed by atoms with Crippen molar-refractivity contribution >= 4 is 11.6 Å². The van der Waals surface area contributed by atoms with Crippen LogP contribution in [0.2, 0.25) is 0 Å². The van der Waals surface area contributed by atoms with Crippen molar-refractivity contribution in [1.29, 1.82) is 0 Å². The Kier molecular flexibility index (Phi) is 5.97. The maximum Gasteiger partial charge on any atom is 0.422 e. The molecule has 1 amide bonds. The summed E-state index contributed by atoms with van der Waals surface area (Å²) in [4.78, 5) is 16.1. The van der Waals surface area contributed by atoms with Gasteiger partial charge in [-0.05, 0) is 19.1 Å². The van der Waals surface area contributed by atoms with Gasteiger partial charge in [-0.3, -0.25) is 9.78 Å². The van der Waals surface area contributed by atoms with Gasteiger partial charge in [0.2, 0.25) is 5.91 Å². The Labute approximate surface area is 143 Å². The lowest BCUT2D eigenvalue weighted by molar-refractivity contribution is -0.153. The molecule has 1 heterocycles. The number of amides is 1. The second-order valence-electron chi connectivity index (χ2n) is 5.55. The first kappa shape index (κ1) is 18.7. The number of hydrogen-bond acceptors (Lipinski definition) is 4. The van der Waals surface area contributed by atoms with Crippen LogP contribution < -0.4 is 15.8 Å². The van der Waals surface area contributed by atoms with E-state index in [2.05, 4.69) is 10.3 Å². The van der Waals surface area contributed by atoms with Crippen molar-refractivity contribution in [3.05, 3.63) is 42.7 Å². The second kappa shape index (κ2) is 7.98. The van der Waals surface area contributed by atoms with Gasteiger partial charge in [0.25, 0.3) is 0 Å². The fourth-order valence-electron chi connectivity index (χ4n) is 2.19. The SMILES string of the molecule is CC(N)CC(=O)Nc1c(OCC(F)(F)F)cccc1-c1cccnc1. The smallest absolute Gasteiger partial charge is 0.422 e. The van der Waals surface area contributed by atoms with E-state index in [0.717, 1.165) is 0 Å². The third-order valence-electron chi connectivity index (χ3n) is 3.16. The van der Waals surface area contributed by atoms with Crippen LogP contribution in [0.3, 0.4) is 0 Å². The van der Waals surface area contributed by atoms with Gasteiger partial charge in [-0.25, -0.2) is 0 Å². The summed E-state index contributed by atoms with van der Waals surface area (Å²) in [6, 6.07) is 7.62. The summed E-state index contributed by atoms with van der Waals surface area (Å²) in [5.41, 5.74) is 6.90. The van der Waals surface area contributed by atoms with E-state index in [9.17, 15) is 18.0 Å². The molecule has 5 nitrogen and oxygen atoms in total. The van der Waals surface area contributed by atoms with Gasteiger partial charge in [-0.2, -0.15) is 13.2 Å². The Morgan fingerprint density at radius 1 is 1.32 bits per heavy atom. The Hall–Kier alpha value is -2.61. The number of carbonyl (C=O) groups is 1. The number of anilines is 1. The molecule has 3 N–H and O–H groups in total. The largest absolute Gasteiger partial charge is 0.482 e. The van der Waals surface area contributed by atoms with Gasteiger partial charge in [-0.1, -0.05) is 18.2 Å². The van der Waals surface area contributed by atoms with Crippen LogP contribution in [0.4, 0.5) is 18.9 Å². The summed E-state index contributed by atoms with van der Waals surface area (Å²) in [5, 5.41) is 2.61. The van der Waals surface area contributed by atoms with E-state index in [1.807, 2.05) is 0 Å². The lowest BCUT2D eigenvalue weighted by atomic mass is 10.0. The number of aromatic nitrogens is 1. The summed E-state index contributed by atoms with van der Waals surface area (Å²) in [6.07, 6.45) is -1.34. The summed E-state index contributed by atoms with van der Waals surface area (Å²) in [6.45, 7) is 0.202. The maximum atomic E-state index is 12.5. The van der Waals surface area contributed by atoms with Crippen LogP contribution in [0, 0.1) is 0 Å². The molecule has 0 saturated heterocycles. The highest BCUT2D eigenvalue weighted by atomic mass is 19.4. The van der Waals surface area contributed by atoms with Crippen LogP contribution in [-0.2, 0) is 4.79 Å². The van der Waals surface area contributed by atoms with Crippen LogP contribution in [-0.4, -0.2) is 29.7 Å². The number of nitrogens with zero attached hydrogens (tertiary/aromatic N) is 1. The van der Waals surface area contributed by atoms with Crippen LogP contribution in [0.15, 0.2) is 42.7 Å². The fourth-order valence-corrected chi connectivity index (χ4v) is 2.19. The van der Waals surface area contributed by atoms with E-state index >= 15 is 0 Å². The van der Waals surface area contributed by atoms with Gasteiger partial charge in [0.1, 0.15) is 5.75 Å². The number of para-hydroxylation sites is 1. The Morgan fingerprint density at radius 2 is 2.08 bits per heavy atom. The molecule has 0 radical (unpaired) electrons. The number of benzene rings is 1. The Balaban J connectivity index is 2.39. The average molecular weight is 353 g/mol. The minimum atomic E-state index is -4.49. The number of pyridine rings is 1. The second-order valence-corrected chi connectivity index (χ2v) is 5.55. The summed E-state index contributed by atoms with van der Waals surface area (Å²) < 4.78 is 42.4. The van der Waals surface area contributed by atoms with Crippen LogP contribution in [0.25, 0.3) is 11.1 Å². The number of rotatable bonds is 6. The molecule has 2 aromatic rings. The van der Waals surface area contributed by atoms with Gasteiger partial charge in [-0.15, -0.1) is 0 Å². The monoisotopic (exact) mass is 353 g/mol. The lowest BCUT2D eigenvalue weighted by Gasteiger charge is -2.18. The fraction of sp³-hybridized carbons (Fsp3) is 0.294. The molecule has 0 aliphatic heterocycles. The van der Waals surface area contributed by atoms with Crippen LogP contribution in [0.5, 0.6) is 5.75 Å². The summed E-state index contributed by atoms with van der Waals surface area (Å²) in [5.74, 6) is -0.486. The number of ether oxygens (including phenoxy) is 1. The van der Waals surface area contributed by atoms with Gasteiger partial charge >= 0.3 is 6.18 Å². The molecule has 8 heteroatoms. The molecule has 1 atom stereocenters. The molecule has 0 aliphatic carbocycles. The number of carbonyl (C=O) groups excluding carboxylic acids is 1. The van der Waals surface area contributed by atoms with Gasteiger partial charge in [0.15, 0.2) is 6.61 Å². The van der Waals surface area contributed by atoms with E-state index < -0.39 is 18.7 Å². The van der Waals surface area contributed by atoms with Gasteiger partial charge < -0.3 is 15.8 Å². The van der Waals surface area contributed by atoms with Crippen molar-refractivity contribution in [2.75, 3.05) is 11.9 Å². The molecule has 0 saturated carbocycles. The predicted molar refractivity (Wildman–Crippen MR) is 88.1 cm³/mol. The van der Waals surface area contributed by atoms with E-state index in [-0.39, 0.29) is 23.9 Å². The third-order valence-corrected chi connectivity index (χ3v) is 3.16. The van der Waals surface area contributed by atoms with Crippen molar-refractivity contribution in [2.45, 2.75) is 25.6 Å². The predicted octanol–water partition coefficient (Wildman–Crippen LogP) is 3.37. The highest BCUT2D eigenvalue weighted by molar-refractivity contribution is 5.97. The number of nitrogens with one attached hydrogen (secondary N) is 1. The third kappa shape index (κ3) is 5.75. The highest BCUT2D eigenvalue weighted by Crippen LogP contribution is 2.36. The zero-order valence-electron chi connectivity index (χ0n) is 13.5. The number of nitrogens with two attached hydrogens (primary N) is 1. The molecule has 1 aromatic heterocycles. The maximum absolute atomic E-state index is 12.5. The van der Waals surface area contributed by atoms with Gasteiger partial charge in [0.05, 0.1) is 5.69 Å². The number of hydrogen-bond donors (Lipinski definition) is 2. The molecular weight excluding hydrogens is 335 g/mol. The van der Waals surface area contributed by atoms with E-state index in [0.29, 0.717) is 11.1 Å². The minimum absolute atomic E-state index is 0.0279. The first-order valence-electron chi connectivity index (χ1n) is 7.54. The average Bonchev–Trinajstić information content (AvgIpc) is 2.53. The van der Waals surface area contributed by atoms with Crippen molar-refractivity contribution in [2.24, 2.45) is 5.73 Å². The lowest BCUT2D eigenvalue weighted by Crippen LogP contribution is -2.25. The van der Waals surface area contributed by atoms with Crippen LogP contribution in [0.1, 0.15) is 13.3 Å². The summed E-state index contributed by atoms with van der Waals surface area (Å²) >= 11 is 0. The molecule has 0 aliphatic rings. The van der Waals surface area contributed by atoms with Crippen molar-refractivity contribution in [3.8, 4) is 16.9 Å². The van der Waals surface area contributed by atoms with E-state index in [4.69, 9.17) is 10.5 Å². The molecule has 134 valence electrons.